The molecule has 0 saturated heterocycles. The van der Waals surface area contributed by atoms with Gasteiger partial charge in [-0.25, -0.2) is 0 Å². The summed E-state index contributed by atoms with van der Waals surface area (Å²) in [6.07, 6.45) is 0. The molecule has 5 nitrogen and oxygen atoms in total. The third-order valence-electron chi connectivity index (χ3n) is 10.6. The second kappa shape index (κ2) is 10.5. The Balaban J connectivity index is 1.25. The van der Waals surface area contributed by atoms with E-state index >= 15 is 0 Å². The van der Waals surface area contributed by atoms with Crippen LogP contribution in [0.5, 0.6) is 28.7 Å². The lowest BCUT2D eigenvalue weighted by Crippen LogP contribution is -2.23. The first kappa shape index (κ1) is 29.7. The molecular weight excluding hydrogens is 620 g/mol. The Hall–Kier alpha value is -6.46. The van der Waals surface area contributed by atoms with E-state index in [1.165, 1.54) is 33.0 Å². The number of benzene rings is 8. The summed E-state index contributed by atoms with van der Waals surface area (Å²) in [5.41, 5.74) is 9.54. The largest absolute Gasteiger partial charge is 0.504 e. The average molecular weight is 653 g/mol. The smallest absolute Gasteiger partial charge is 0.208 e. The minimum atomic E-state index is -0.988. The molecule has 242 valence electrons. The average Bonchev–Trinajstić information content (AvgIpc) is 3.15. The summed E-state index contributed by atoms with van der Waals surface area (Å²) < 4.78 is 0. The third kappa shape index (κ3) is 3.95. The Morgan fingerprint density at radius 3 is 1.42 bits per heavy atom. The quantitative estimate of drug-likeness (QED) is 0.0743. The number of fused-ring (bicyclic) bond motifs is 4. The fourth-order valence-electron chi connectivity index (χ4n) is 8.26. The van der Waals surface area contributed by atoms with Crippen molar-refractivity contribution in [1.82, 2.24) is 0 Å². The molecule has 50 heavy (non-hydrogen) atoms. The van der Waals surface area contributed by atoms with Crippen LogP contribution < -0.4 is 0 Å². The van der Waals surface area contributed by atoms with Crippen LogP contribution in [0.1, 0.15) is 25.0 Å². The molecule has 0 heterocycles. The number of aromatic hydroxyl groups is 5. The molecule has 0 atom stereocenters. The number of hydrogen-bond donors (Lipinski definition) is 5. The molecule has 1 aliphatic rings. The topological polar surface area (TPSA) is 101 Å². The summed E-state index contributed by atoms with van der Waals surface area (Å²) in [7, 11) is 0. The molecule has 1 aliphatic carbocycles. The van der Waals surface area contributed by atoms with Crippen LogP contribution in [0.2, 0.25) is 0 Å². The lowest BCUT2D eigenvalue weighted by atomic mass is 9.68. The number of phenolic OH excluding ortho intramolecular Hbond substituents is 5. The number of rotatable bonds is 3. The van der Waals surface area contributed by atoms with Gasteiger partial charge in [0.2, 0.25) is 17.2 Å². The van der Waals surface area contributed by atoms with Crippen molar-refractivity contribution in [3.05, 3.63) is 139 Å². The molecule has 5 heteroatoms. The van der Waals surface area contributed by atoms with Gasteiger partial charge in [-0.05, 0) is 76.8 Å². The van der Waals surface area contributed by atoms with Crippen LogP contribution >= 0.6 is 0 Å². The van der Waals surface area contributed by atoms with Crippen molar-refractivity contribution in [2.45, 2.75) is 19.3 Å². The highest BCUT2D eigenvalue weighted by Gasteiger charge is 2.33. The lowest BCUT2D eigenvalue weighted by molar-refractivity contribution is 0.330. The van der Waals surface area contributed by atoms with Gasteiger partial charge in [0, 0.05) is 11.0 Å². The third-order valence-corrected chi connectivity index (χ3v) is 10.6. The Morgan fingerprint density at radius 2 is 0.800 bits per heavy atom. The van der Waals surface area contributed by atoms with E-state index in [0.717, 1.165) is 33.0 Å². The summed E-state index contributed by atoms with van der Waals surface area (Å²) in [5, 5.41) is 58.6. The molecule has 0 saturated carbocycles. The summed E-state index contributed by atoms with van der Waals surface area (Å²) in [5.74, 6) is -4.25. The zero-order valence-corrected chi connectivity index (χ0v) is 27.4. The first-order valence-corrected chi connectivity index (χ1v) is 16.6. The molecule has 0 fully saturated rings. The molecule has 9 rings (SSSR count). The van der Waals surface area contributed by atoms with Gasteiger partial charge in [0.05, 0.1) is 5.56 Å². The van der Waals surface area contributed by atoms with Crippen LogP contribution in [0.15, 0.2) is 127 Å². The molecule has 0 aliphatic heterocycles. The second-order valence-electron chi connectivity index (χ2n) is 13.6. The van der Waals surface area contributed by atoms with Gasteiger partial charge < -0.3 is 25.5 Å². The highest BCUT2D eigenvalue weighted by Crippen LogP contribution is 2.58. The first-order chi connectivity index (χ1) is 24.2. The summed E-state index contributed by atoms with van der Waals surface area (Å²) in [6.45, 7) is 4.61. The van der Waals surface area contributed by atoms with E-state index in [1.807, 2.05) is 48.5 Å². The normalized spacial score (nSPS) is 13.2. The zero-order valence-electron chi connectivity index (χ0n) is 27.4. The number of hydrogen-bond acceptors (Lipinski definition) is 5. The van der Waals surface area contributed by atoms with E-state index in [-0.39, 0.29) is 11.0 Å². The van der Waals surface area contributed by atoms with Crippen molar-refractivity contribution in [3.63, 3.8) is 0 Å². The number of phenols is 5. The van der Waals surface area contributed by atoms with Gasteiger partial charge in [-0.1, -0.05) is 141 Å². The SMILES string of the molecule is CC1(C)c2ccccc2-c2ccc(-c3ccc(-c4c5ccccc5c(-c5c(O)c(O)c(O)c(O)c5O)c5ccccc45)cc3)c3cccc1c23. The molecule has 8 aromatic carbocycles. The Labute approximate surface area is 288 Å². The van der Waals surface area contributed by atoms with Crippen molar-refractivity contribution in [2.75, 3.05) is 0 Å². The van der Waals surface area contributed by atoms with E-state index in [2.05, 4.69) is 92.7 Å². The first-order valence-electron chi connectivity index (χ1n) is 16.6. The lowest BCUT2D eigenvalue weighted by Gasteiger charge is -2.35. The fourth-order valence-corrected chi connectivity index (χ4v) is 8.26. The second-order valence-corrected chi connectivity index (χ2v) is 13.6. The Bertz CT molecular complexity index is 2640. The van der Waals surface area contributed by atoms with Gasteiger partial charge in [0.25, 0.3) is 0 Å². The fraction of sp³-hybridized carbons (Fsp3) is 0.0667. The zero-order chi connectivity index (χ0) is 34.5. The minimum absolute atomic E-state index is 0.134. The van der Waals surface area contributed by atoms with Crippen molar-refractivity contribution in [1.29, 1.82) is 0 Å². The van der Waals surface area contributed by atoms with Crippen LogP contribution in [0.3, 0.4) is 0 Å². The van der Waals surface area contributed by atoms with Crippen LogP contribution in [-0.2, 0) is 5.41 Å². The molecule has 0 unspecified atom stereocenters. The van der Waals surface area contributed by atoms with Crippen molar-refractivity contribution in [3.8, 4) is 73.3 Å². The van der Waals surface area contributed by atoms with E-state index in [1.54, 1.807) is 0 Å². The van der Waals surface area contributed by atoms with Crippen molar-refractivity contribution in [2.24, 2.45) is 0 Å². The van der Waals surface area contributed by atoms with E-state index in [0.29, 0.717) is 16.3 Å². The molecule has 0 radical (unpaired) electrons. The van der Waals surface area contributed by atoms with Gasteiger partial charge in [0.1, 0.15) is 0 Å². The van der Waals surface area contributed by atoms with E-state index < -0.39 is 28.7 Å². The summed E-state index contributed by atoms with van der Waals surface area (Å²) in [4.78, 5) is 0. The Morgan fingerprint density at radius 1 is 0.340 bits per heavy atom. The molecular formula is C45H32O5. The van der Waals surface area contributed by atoms with Crippen molar-refractivity contribution >= 4 is 32.3 Å². The highest BCUT2D eigenvalue weighted by atomic mass is 16.4. The maximum absolute atomic E-state index is 11.0. The predicted octanol–water partition coefficient (Wildman–Crippen LogP) is 11.0. The van der Waals surface area contributed by atoms with Crippen LogP contribution in [0.4, 0.5) is 0 Å². The van der Waals surface area contributed by atoms with Gasteiger partial charge >= 0.3 is 0 Å². The summed E-state index contributed by atoms with van der Waals surface area (Å²) in [6, 6.07) is 43.7. The molecule has 8 aromatic rings. The molecule has 0 bridgehead atoms. The summed E-state index contributed by atoms with van der Waals surface area (Å²) >= 11 is 0. The van der Waals surface area contributed by atoms with Crippen molar-refractivity contribution < 1.29 is 25.5 Å². The van der Waals surface area contributed by atoms with E-state index in [4.69, 9.17) is 0 Å². The minimum Gasteiger partial charge on any atom is -0.504 e. The van der Waals surface area contributed by atoms with Crippen LogP contribution in [-0.4, -0.2) is 25.5 Å². The maximum atomic E-state index is 11.0. The van der Waals surface area contributed by atoms with Gasteiger partial charge in [0.15, 0.2) is 11.5 Å². The monoisotopic (exact) mass is 652 g/mol. The van der Waals surface area contributed by atoms with Crippen LogP contribution in [0, 0.1) is 0 Å². The molecule has 0 aromatic heterocycles. The predicted molar refractivity (Wildman–Crippen MR) is 201 cm³/mol. The van der Waals surface area contributed by atoms with Crippen LogP contribution in [0.25, 0.3) is 76.8 Å². The Kier molecular flexibility index (Phi) is 6.24. The molecule has 5 N–H and O–H groups in total. The molecule has 0 amide bonds. The maximum Gasteiger partial charge on any atom is 0.208 e. The van der Waals surface area contributed by atoms with Gasteiger partial charge in [-0.2, -0.15) is 0 Å². The molecule has 0 spiro atoms. The van der Waals surface area contributed by atoms with Gasteiger partial charge in [-0.15, -0.1) is 0 Å². The van der Waals surface area contributed by atoms with E-state index in [9.17, 15) is 25.5 Å². The van der Waals surface area contributed by atoms with Gasteiger partial charge in [-0.3, -0.25) is 0 Å². The highest BCUT2D eigenvalue weighted by molar-refractivity contribution is 6.22. The standard InChI is InChI=1S/C45H32O5/c1-45(2)34-16-8-7-10-27(34)33-23-22-26(28-15-9-17-35(45)37(28)33)24-18-20-25(21-19-24)36-29-11-3-5-13-31(29)38(32-14-6-4-12-30(32)36)39-40(46)42(48)44(50)43(49)41(39)47/h3-23,46-50H,1-2H3.